The topological polar surface area (TPSA) is 61.9 Å². The maximum absolute atomic E-state index is 13.5. The maximum atomic E-state index is 13.5. The summed E-state index contributed by atoms with van der Waals surface area (Å²) in [5.74, 6) is 0.671. The molecule has 184 valence electrons. The van der Waals surface area contributed by atoms with Gasteiger partial charge in [0, 0.05) is 42.6 Å². The van der Waals surface area contributed by atoms with Crippen LogP contribution >= 0.6 is 25.3 Å². The molecule has 0 aromatic heterocycles. The van der Waals surface area contributed by atoms with E-state index in [0.29, 0.717) is 30.6 Å². The monoisotopic (exact) mass is 497 g/mol. The van der Waals surface area contributed by atoms with Crippen molar-refractivity contribution in [1.82, 2.24) is 15.1 Å². The summed E-state index contributed by atoms with van der Waals surface area (Å²) >= 11 is 8.47. The molecule has 0 aliphatic carbocycles. The Morgan fingerprint density at radius 3 is 2.61 bits per heavy atom. The summed E-state index contributed by atoms with van der Waals surface area (Å²) in [5.41, 5.74) is 1.01. The maximum Gasteiger partial charge on any atom is 0.310 e. The van der Waals surface area contributed by atoms with E-state index in [1.54, 1.807) is 12.1 Å². The number of esters is 1. The van der Waals surface area contributed by atoms with E-state index in [2.05, 4.69) is 40.4 Å². The molecular formula is C24H36FN3O3S2. The highest BCUT2D eigenvalue weighted by atomic mass is 32.1. The van der Waals surface area contributed by atoms with Gasteiger partial charge in [0.1, 0.15) is 5.82 Å². The van der Waals surface area contributed by atoms with Crippen molar-refractivity contribution in [3.8, 4) is 0 Å². The molecule has 6 nitrogen and oxygen atoms in total. The molecule has 0 spiro atoms. The van der Waals surface area contributed by atoms with E-state index < -0.39 is 0 Å². The predicted octanol–water partition coefficient (Wildman–Crippen LogP) is 2.60. The molecule has 2 heterocycles. The van der Waals surface area contributed by atoms with Gasteiger partial charge in [-0.3, -0.25) is 19.4 Å². The number of benzene rings is 1. The highest BCUT2D eigenvalue weighted by Crippen LogP contribution is 2.47. The van der Waals surface area contributed by atoms with Crippen LogP contribution < -0.4 is 5.32 Å². The molecule has 1 aromatic rings. The zero-order valence-electron chi connectivity index (χ0n) is 19.3. The summed E-state index contributed by atoms with van der Waals surface area (Å²) in [6.07, 6.45) is 3.81. The van der Waals surface area contributed by atoms with Crippen LogP contribution in [0.25, 0.3) is 0 Å². The molecule has 2 bridgehead atoms. The van der Waals surface area contributed by atoms with E-state index in [1.165, 1.54) is 19.2 Å². The molecule has 9 heteroatoms. The Kier molecular flexibility index (Phi) is 10.3. The van der Waals surface area contributed by atoms with Crippen molar-refractivity contribution < 1.29 is 18.7 Å². The number of ether oxygens (including phenoxy) is 1. The predicted molar refractivity (Wildman–Crippen MR) is 135 cm³/mol. The zero-order valence-corrected chi connectivity index (χ0v) is 21.1. The van der Waals surface area contributed by atoms with Gasteiger partial charge in [0.05, 0.1) is 19.6 Å². The quantitative estimate of drug-likeness (QED) is 0.306. The van der Waals surface area contributed by atoms with Gasteiger partial charge in [0.25, 0.3) is 0 Å². The van der Waals surface area contributed by atoms with Crippen LogP contribution in [-0.4, -0.2) is 85.1 Å². The van der Waals surface area contributed by atoms with E-state index in [1.807, 2.05) is 0 Å². The molecular weight excluding hydrogens is 461 g/mol. The number of carbonyl (C=O) groups excluding carboxylic acids is 2. The Balaban J connectivity index is 1.63. The van der Waals surface area contributed by atoms with E-state index in [4.69, 9.17) is 4.74 Å². The first kappa shape index (κ1) is 26.3. The van der Waals surface area contributed by atoms with Crippen LogP contribution in [-0.2, 0) is 14.3 Å². The molecule has 1 aromatic carbocycles. The van der Waals surface area contributed by atoms with Crippen LogP contribution in [0.15, 0.2) is 24.3 Å². The Morgan fingerprint density at radius 1 is 1.18 bits per heavy atom. The third-order valence-corrected chi connectivity index (χ3v) is 7.37. The fraction of sp³-hybridized carbons (Fsp3) is 0.667. The van der Waals surface area contributed by atoms with Crippen LogP contribution in [0.3, 0.4) is 0 Å². The number of thiol groups is 2. The van der Waals surface area contributed by atoms with Crippen molar-refractivity contribution in [2.75, 3.05) is 51.3 Å². The second-order valence-corrected chi connectivity index (χ2v) is 9.80. The number of carbonyl (C=O) groups is 2. The number of fused-ring (bicyclic) bond motifs is 2. The molecule has 0 saturated carbocycles. The molecule has 2 fully saturated rings. The Morgan fingerprint density at radius 2 is 1.94 bits per heavy atom. The first-order valence-corrected chi connectivity index (χ1v) is 13.0. The van der Waals surface area contributed by atoms with Gasteiger partial charge in [-0.1, -0.05) is 12.1 Å². The van der Waals surface area contributed by atoms with Crippen LogP contribution in [0.4, 0.5) is 4.39 Å². The molecule has 1 amide bonds. The molecule has 33 heavy (non-hydrogen) atoms. The second kappa shape index (κ2) is 13.0. The molecule has 2 aliphatic heterocycles. The van der Waals surface area contributed by atoms with Crippen molar-refractivity contribution in [2.24, 2.45) is 5.92 Å². The van der Waals surface area contributed by atoms with E-state index in [9.17, 15) is 14.0 Å². The van der Waals surface area contributed by atoms with E-state index in [0.717, 1.165) is 50.9 Å². The van der Waals surface area contributed by atoms with Gasteiger partial charge in [-0.2, -0.15) is 25.3 Å². The average Bonchev–Trinajstić information content (AvgIpc) is 3.08. The van der Waals surface area contributed by atoms with Crippen molar-refractivity contribution in [3.05, 3.63) is 35.6 Å². The number of rotatable bonds is 12. The SMILES string of the molecule is COC(=O)[C@@H]1C2CCC(C[C@@H]1c1ccc(F)cc1)N2CCCN(CCS)CC(=O)NCCS. The van der Waals surface area contributed by atoms with E-state index in [-0.39, 0.29) is 35.6 Å². The van der Waals surface area contributed by atoms with Crippen molar-refractivity contribution in [3.63, 3.8) is 0 Å². The van der Waals surface area contributed by atoms with Crippen LogP contribution in [0.2, 0.25) is 0 Å². The number of hydrogen-bond donors (Lipinski definition) is 3. The summed E-state index contributed by atoms with van der Waals surface area (Å²) in [6, 6.07) is 7.09. The molecule has 2 aliphatic rings. The van der Waals surface area contributed by atoms with Crippen molar-refractivity contribution in [2.45, 2.75) is 43.7 Å². The molecule has 3 rings (SSSR count). The highest BCUT2D eigenvalue weighted by molar-refractivity contribution is 7.80. The second-order valence-electron chi connectivity index (χ2n) is 8.91. The first-order valence-electron chi connectivity index (χ1n) is 11.8. The third-order valence-electron chi connectivity index (χ3n) is 6.94. The minimum atomic E-state index is -0.265. The van der Waals surface area contributed by atoms with Crippen molar-refractivity contribution in [1.29, 1.82) is 0 Å². The summed E-state index contributed by atoms with van der Waals surface area (Å²) in [7, 11) is 1.45. The van der Waals surface area contributed by atoms with Gasteiger partial charge >= 0.3 is 5.97 Å². The molecule has 2 unspecified atom stereocenters. The van der Waals surface area contributed by atoms with Crippen LogP contribution in [0.5, 0.6) is 0 Å². The van der Waals surface area contributed by atoms with E-state index >= 15 is 0 Å². The Labute approximate surface area is 207 Å². The fourth-order valence-electron chi connectivity index (χ4n) is 5.51. The summed E-state index contributed by atoms with van der Waals surface area (Å²) in [5, 5.41) is 2.87. The Hall–Kier alpha value is -1.29. The van der Waals surface area contributed by atoms with Crippen molar-refractivity contribution >= 4 is 37.1 Å². The number of hydrogen-bond acceptors (Lipinski definition) is 7. The minimum Gasteiger partial charge on any atom is -0.469 e. The van der Waals surface area contributed by atoms with Crippen LogP contribution in [0.1, 0.15) is 37.2 Å². The zero-order chi connectivity index (χ0) is 23.8. The molecule has 1 N–H and O–H groups in total. The largest absolute Gasteiger partial charge is 0.469 e. The smallest absolute Gasteiger partial charge is 0.310 e. The van der Waals surface area contributed by atoms with Gasteiger partial charge < -0.3 is 10.1 Å². The number of amides is 1. The molecule has 2 saturated heterocycles. The molecule has 0 radical (unpaired) electrons. The van der Waals surface area contributed by atoms with Gasteiger partial charge in [0.2, 0.25) is 5.91 Å². The Bertz CT molecular complexity index is 783. The average molecular weight is 498 g/mol. The normalized spacial score (nSPS) is 24.8. The number of methoxy groups -OCH3 is 1. The van der Waals surface area contributed by atoms with Gasteiger partial charge in [0.15, 0.2) is 0 Å². The number of nitrogens with one attached hydrogen (secondary N) is 1. The fourth-order valence-corrected chi connectivity index (χ4v) is 5.91. The van der Waals surface area contributed by atoms with Gasteiger partial charge in [-0.05, 0) is 56.5 Å². The number of piperidine rings is 1. The summed E-state index contributed by atoms with van der Waals surface area (Å²) < 4.78 is 18.7. The van der Waals surface area contributed by atoms with Crippen LogP contribution in [0, 0.1) is 11.7 Å². The summed E-state index contributed by atoms with van der Waals surface area (Å²) in [6.45, 7) is 3.35. The minimum absolute atomic E-state index is 0.0109. The lowest BCUT2D eigenvalue weighted by Gasteiger charge is -2.44. The molecule has 4 atom stereocenters. The summed E-state index contributed by atoms with van der Waals surface area (Å²) in [4.78, 5) is 29.6. The lowest BCUT2D eigenvalue weighted by atomic mass is 9.76. The number of nitrogens with zero attached hydrogens (tertiary/aromatic N) is 2. The van der Waals surface area contributed by atoms with Gasteiger partial charge in [-0.25, -0.2) is 4.39 Å². The first-order chi connectivity index (χ1) is 16.0. The standard InChI is InChI=1S/C24H36FN3O3S2/c1-31-24(30)23-20(17-3-5-18(25)6-4-17)15-19-7-8-21(23)28(19)11-2-10-27(12-14-33)16-22(29)26-9-13-32/h3-6,19-21,23,32-33H,2,7-16H2,1H3,(H,26,29)/t19?,20-,21?,23+/m1/s1. The lowest BCUT2D eigenvalue weighted by Crippen LogP contribution is -2.51. The lowest BCUT2D eigenvalue weighted by molar-refractivity contribution is -0.150. The highest BCUT2D eigenvalue weighted by Gasteiger charge is 2.50. The number of halogens is 1. The third kappa shape index (κ3) is 6.87. The van der Waals surface area contributed by atoms with Gasteiger partial charge in [-0.15, -0.1) is 0 Å².